The maximum atomic E-state index is 12.6. The summed E-state index contributed by atoms with van der Waals surface area (Å²) in [5.41, 5.74) is 5.40. The van der Waals surface area contributed by atoms with Crippen LogP contribution in [0.5, 0.6) is 17.2 Å². The first-order valence-electron chi connectivity index (χ1n) is 10.6. The maximum Gasteiger partial charge on any atom is 0.243 e. The van der Waals surface area contributed by atoms with E-state index in [4.69, 9.17) is 14.2 Å². The molecule has 2 aliphatic rings. The monoisotopic (exact) mass is 437 g/mol. The number of fused-ring (bicyclic) bond motifs is 1. The highest BCUT2D eigenvalue weighted by Crippen LogP contribution is 2.47. The number of hydrogen-bond donors (Lipinski definition) is 1. The molecule has 1 saturated carbocycles. The van der Waals surface area contributed by atoms with Crippen molar-refractivity contribution in [1.82, 2.24) is 10.3 Å². The number of nitrogens with one attached hydrogen (secondary N) is 1. The minimum atomic E-state index is -0.104. The molecule has 32 heavy (non-hydrogen) atoms. The molecule has 0 unspecified atom stereocenters. The molecule has 2 aromatic carbocycles. The molecule has 1 heterocycles. The molecule has 0 spiro atoms. The summed E-state index contributed by atoms with van der Waals surface area (Å²) >= 11 is 0. The van der Waals surface area contributed by atoms with E-state index in [0.717, 1.165) is 12.0 Å². The lowest BCUT2D eigenvalue weighted by Crippen LogP contribution is -2.26. The Hall–Kier alpha value is -3.55. The summed E-state index contributed by atoms with van der Waals surface area (Å²) in [6, 6.07) is 11.9. The Bertz CT molecular complexity index is 1040. The van der Waals surface area contributed by atoms with Crippen LogP contribution in [0.3, 0.4) is 0 Å². The van der Waals surface area contributed by atoms with Gasteiger partial charge in [0, 0.05) is 32.0 Å². The summed E-state index contributed by atoms with van der Waals surface area (Å²) in [5, 5.41) is 4.21. The largest absolute Gasteiger partial charge is 0.492 e. The highest BCUT2D eigenvalue weighted by molar-refractivity contribution is 5.90. The fourth-order valence-electron chi connectivity index (χ4n) is 3.87. The highest BCUT2D eigenvalue weighted by Gasteiger charge is 2.43. The van der Waals surface area contributed by atoms with Crippen LogP contribution in [0.4, 0.5) is 0 Å². The van der Waals surface area contributed by atoms with Crippen molar-refractivity contribution >= 4 is 18.0 Å². The zero-order valence-electron chi connectivity index (χ0n) is 18.5. The van der Waals surface area contributed by atoms with Crippen molar-refractivity contribution < 1.29 is 23.8 Å². The Balaban J connectivity index is 1.49. The third kappa shape index (κ3) is 4.54. The van der Waals surface area contributed by atoms with Crippen LogP contribution in [0.15, 0.2) is 41.5 Å². The number of hydrazone groups is 1. The molecule has 8 heteroatoms. The molecule has 0 radical (unpaired) electrons. The molecule has 1 fully saturated rings. The Kier molecular flexibility index (Phi) is 6.30. The van der Waals surface area contributed by atoms with E-state index < -0.39 is 0 Å². The summed E-state index contributed by atoms with van der Waals surface area (Å²) in [6.45, 7) is 2.16. The number of carbonyl (C=O) groups excluding carboxylic acids is 2. The van der Waals surface area contributed by atoms with Gasteiger partial charge in [-0.25, -0.2) is 5.43 Å². The van der Waals surface area contributed by atoms with Gasteiger partial charge >= 0.3 is 0 Å². The number of ether oxygens (including phenoxy) is 3. The lowest BCUT2D eigenvalue weighted by molar-refractivity contribution is -0.127. The number of hydrogen-bond acceptors (Lipinski definition) is 6. The molecular formula is C24H27N3O5. The van der Waals surface area contributed by atoms with Crippen LogP contribution >= 0.6 is 0 Å². The lowest BCUT2D eigenvalue weighted by atomic mass is 10.0. The average molecular weight is 437 g/mol. The van der Waals surface area contributed by atoms with Gasteiger partial charge in [-0.2, -0.15) is 5.10 Å². The number of benzene rings is 2. The number of likely N-dealkylation sites (N-methyl/N-ethyl adjacent to an activating group) is 1. The molecule has 1 N–H and O–H groups in total. The highest BCUT2D eigenvalue weighted by atomic mass is 16.7. The molecule has 168 valence electrons. The van der Waals surface area contributed by atoms with E-state index in [9.17, 15) is 9.59 Å². The van der Waals surface area contributed by atoms with E-state index in [1.54, 1.807) is 25.3 Å². The van der Waals surface area contributed by atoms with Gasteiger partial charge in [-0.1, -0.05) is 30.3 Å². The number of rotatable bonds is 8. The Morgan fingerprint density at radius 3 is 2.78 bits per heavy atom. The van der Waals surface area contributed by atoms with Crippen LogP contribution in [-0.2, 0) is 16.0 Å². The van der Waals surface area contributed by atoms with E-state index in [0.29, 0.717) is 35.8 Å². The standard InChI is InChI=1S/C24H27N3O5/c1-15(28)27(2)10-9-17-11-21-23(32-14-31-21)22(30-3)20(17)13-25-26-24(29)19-12-18(19)16-7-5-4-6-8-16/h4-8,11,13,18-19H,9-10,12,14H2,1-3H3,(H,26,29)/b25-13+/t18-,19+/m0/s1. The molecule has 2 atom stereocenters. The minimum Gasteiger partial charge on any atom is -0.492 e. The molecule has 1 aliphatic carbocycles. The van der Waals surface area contributed by atoms with Crippen LogP contribution in [0, 0.1) is 5.92 Å². The Morgan fingerprint density at radius 2 is 2.06 bits per heavy atom. The second kappa shape index (κ2) is 9.30. The molecule has 4 rings (SSSR count). The van der Waals surface area contributed by atoms with Gasteiger partial charge < -0.3 is 19.1 Å². The van der Waals surface area contributed by atoms with Gasteiger partial charge in [0.1, 0.15) is 0 Å². The number of nitrogens with zero attached hydrogens (tertiary/aromatic N) is 2. The van der Waals surface area contributed by atoms with E-state index in [2.05, 4.69) is 10.5 Å². The molecule has 0 aromatic heterocycles. The summed E-state index contributed by atoms with van der Waals surface area (Å²) in [6.07, 6.45) is 2.96. The number of methoxy groups -OCH3 is 1. The lowest BCUT2D eigenvalue weighted by Gasteiger charge is -2.17. The second-order valence-corrected chi connectivity index (χ2v) is 8.00. The molecule has 2 amide bonds. The van der Waals surface area contributed by atoms with E-state index in [1.807, 2.05) is 36.4 Å². The second-order valence-electron chi connectivity index (χ2n) is 8.00. The number of carbonyl (C=O) groups is 2. The van der Waals surface area contributed by atoms with Crippen molar-refractivity contribution in [3.05, 3.63) is 53.1 Å². The minimum absolute atomic E-state index is 0.0161. The molecule has 2 aromatic rings. The van der Waals surface area contributed by atoms with Crippen molar-refractivity contribution in [2.75, 3.05) is 27.5 Å². The topological polar surface area (TPSA) is 89.5 Å². The van der Waals surface area contributed by atoms with Crippen molar-refractivity contribution in [2.45, 2.75) is 25.7 Å². The van der Waals surface area contributed by atoms with Gasteiger partial charge in [0.05, 0.1) is 13.3 Å². The van der Waals surface area contributed by atoms with E-state index in [-0.39, 0.29) is 30.4 Å². The SMILES string of the molecule is COc1c(/C=N/NC(=O)[C@@H]2C[C@H]2c2ccccc2)c(CCN(C)C(C)=O)cc2c1OCO2. The quantitative estimate of drug-likeness (QED) is 0.507. The summed E-state index contributed by atoms with van der Waals surface area (Å²) < 4.78 is 16.7. The fraction of sp³-hybridized carbons (Fsp3) is 0.375. The van der Waals surface area contributed by atoms with Gasteiger partial charge in [0.25, 0.3) is 0 Å². The van der Waals surface area contributed by atoms with Crippen LogP contribution in [-0.4, -0.2) is 50.4 Å². The predicted octanol–water partition coefficient (Wildman–Crippen LogP) is 2.70. The van der Waals surface area contributed by atoms with Gasteiger partial charge in [-0.3, -0.25) is 9.59 Å². The smallest absolute Gasteiger partial charge is 0.243 e. The average Bonchev–Trinajstić information content (AvgIpc) is 3.47. The first-order valence-corrected chi connectivity index (χ1v) is 10.6. The molecule has 0 saturated heterocycles. The van der Waals surface area contributed by atoms with E-state index in [1.165, 1.54) is 12.5 Å². The zero-order valence-corrected chi connectivity index (χ0v) is 18.5. The predicted molar refractivity (Wildman–Crippen MR) is 119 cm³/mol. The normalized spacial score (nSPS) is 18.5. The van der Waals surface area contributed by atoms with Gasteiger partial charge in [-0.15, -0.1) is 0 Å². The van der Waals surface area contributed by atoms with Crippen molar-refractivity contribution in [3.8, 4) is 17.2 Å². The third-order valence-electron chi connectivity index (χ3n) is 5.93. The van der Waals surface area contributed by atoms with Gasteiger partial charge in [-0.05, 0) is 36.0 Å². The first kappa shape index (κ1) is 21.7. The number of amides is 2. The van der Waals surface area contributed by atoms with Crippen LogP contribution in [0.1, 0.15) is 36.0 Å². The van der Waals surface area contributed by atoms with Crippen molar-refractivity contribution in [2.24, 2.45) is 11.0 Å². The third-order valence-corrected chi connectivity index (χ3v) is 5.93. The summed E-state index contributed by atoms with van der Waals surface area (Å²) in [7, 11) is 3.30. The molecular weight excluding hydrogens is 410 g/mol. The summed E-state index contributed by atoms with van der Waals surface area (Å²) in [5.74, 6) is 1.64. The van der Waals surface area contributed by atoms with Crippen LogP contribution < -0.4 is 19.6 Å². The Labute approximate surface area is 187 Å². The first-order chi connectivity index (χ1) is 15.5. The van der Waals surface area contributed by atoms with Gasteiger partial charge in [0.15, 0.2) is 11.5 Å². The summed E-state index contributed by atoms with van der Waals surface area (Å²) in [4.78, 5) is 25.8. The Morgan fingerprint density at radius 1 is 1.28 bits per heavy atom. The van der Waals surface area contributed by atoms with Gasteiger partial charge in [0.2, 0.25) is 24.4 Å². The fourth-order valence-corrected chi connectivity index (χ4v) is 3.87. The molecule has 0 bridgehead atoms. The molecule has 8 nitrogen and oxygen atoms in total. The van der Waals surface area contributed by atoms with Crippen LogP contribution in [0.25, 0.3) is 0 Å². The molecule has 1 aliphatic heterocycles. The van der Waals surface area contributed by atoms with E-state index >= 15 is 0 Å². The zero-order chi connectivity index (χ0) is 22.7. The van der Waals surface area contributed by atoms with Crippen molar-refractivity contribution in [3.63, 3.8) is 0 Å². The van der Waals surface area contributed by atoms with Crippen LogP contribution in [0.2, 0.25) is 0 Å². The maximum absolute atomic E-state index is 12.6. The van der Waals surface area contributed by atoms with Crippen molar-refractivity contribution in [1.29, 1.82) is 0 Å².